The molecule has 1 aromatic carbocycles. The van der Waals surface area contributed by atoms with Gasteiger partial charge in [-0.25, -0.2) is 0 Å². The van der Waals surface area contributed by atoms with E-state index in [-0.39, 0.29) is 0 Å². The summed E-state index contributed by atoms with van der Waals surface area (Å²) in [5, 5.41) is 6.98. The highest BCUT2D eigenvalue weighted by Gasteiger charge is 2.12. The van der Waals surface area contributed by atoms with Crippen LogP contribution in [0.25, 0.3) is 0 Å². The Morgan fingerprint density at radius 1 is 1.38 bits per heavy atom. The zero-order valence-electron chi connectivity index (χ0n) is 9.83. The molecule has 0 bridgehead atoms. The molecule has 2 nitrogen and oxygen atoms in total. The number of nitrogens with one attached hydrogen (secondary N) is 2. The fourth-order valence-electron chi connectivity index (χ4n) is 2.01. The molecule has 0 aliphatic carbocycles. The molecular formula is C13H20N2S. The van der Waals surface area contributed by atoms with Gasteiger partial charge in [0.15, 0.2) is 0 Å². The van der Waals surface area contributed by atoms with E-state index in [1.807, 2.05) is 11.8 Å². The van der Waals surface area contributed by atoms with Crippen LogP contribution in [0.2, 0.25) is 0 Å². The molecule has 0 radical (unpaired) electrons. The second-order valence-corrected chi connectivity index (χ2v) is 5.47. The van der Waals surface area contributed by atoms with Gasteiger partial charge in [-0.05, 0) is 49.4 Å². The normalized spacial score (nSPS) is 19.9. The van der Waals surface area contributed by atoms with E-state index in [9.17, 15) is 0 Å². The van der Waals surface area contributed by atoms with Gasteiger partial charge in [0.2, 0.25) is 0 Å². The van der Waals surface area contributed by atoms with Crippen molar-refractivity contribution in [2.45, 2.75) is 30.7 Å². The first-order valence-corrected chi connectivity index (χ1v) is 7.07. The van der Waals surface area contributed by atoms with Gasteiger partial charge >= 0.3 is 0 Å². The Labute approximate surface area is 102 Å². The first-order valence-electron chi connectivity index (χ1n) is 6.08. The molecule has 1 atom stereocenters. The van der Waals surface area contributed by atoms with Crippen molar-refractivity contribution in [3.05, 3.63) is 24.3 Å². The summed E-state index contributed by atoms with van der Waals surface area (Å²) in [5.41, 5.74) is 1.23. The average Bonchev–Trinajstić information content (AvgIpc) is 2.82. The standard InChI is InChI=1S/C13H20N2S/c1-2-16-13-7-5-11(6-8-13)15-10-12-4-3-9-14-12/h5-8,12,14-15H,2-4,9-10H2,1H3. The number of benzene rings is 1. The smallest absolute Gasteiger partial charge is 0.0341 e. The lowest BCUT2D eigenvalue weighted by molar-refractivity contribution is 0.633. The predicted octanol–water partition coefficient (Wildman–Crippen LogP) is 2.96. The third-order valence-electron chi connectivity index (χ3n) is 2.88. The van der Waals surface area contributed by atoms with Gasteiger partial charge < -0.3 is 10.6 Å². The second kappa shape index (κ2) is 6.16. The predicted molar refractivity (Wildman–Crippen MR) is 72.4 cm³/mol. The van der Waals surface area contributed by atoms with Crippen molar-refractivity contribution in [1.29, 1.82) is 0 Å². The maximum absolute atomic E-state index is 3.49. The van der Waals surface area contributed by atoms with Crippen LogP contribution >= 0.6 is 11.8 Å². The maximum atomic E-state index is 3.49. The molecule has 16 heavy (non-hydrogen) atoms. The van der Waals surface area contributed by atoms with Crippen molar-refractivity contribution in [3.63, 3.8) is 0 Å². The van der Waals surface area contributed by atoms with Crippen LogP contribution in [0.5, 0.6) is 0 Å². The fraction of sp³-hybridized carbons (Fsp3) is 0.538. The highest BCUT2D eigenvalue weighted by Crippen LogP contribution is 2.19. The van der Waals surface area contributed by atoms with E-state index in [4.69, 9.17) is 0 Å². The Morgan fingerprint density at radius 2 is 2.19 bits per heavy atom. The van der Waals surface area contributed by atoms with Gasteiger partial charge in [0.05, 0.1) is 0 Å². The molecule has 1 aliphatic heterocycles. The topological polar surface area (TPSA) is 24.1 Å². The Hall–Kier alpha value is -0.670. The van der Waals surface area contributed by atoms with Gasteiger partial charge in [-0.2, -0.15) is 0 Å². The molecule has 1 heterocycles. The van der Waals surface area contributed by atoms with Crippen LogP contribution in [0.1, 0.15) is 19.8 Å². The highest BCUT2D eigenvalue weighted by molar-refractivity contribution is 7.99. The molecule has 1 unspecified atom stereocenters. The van der Waals surface area contributed by atoms with Crippen LogP contribution in [0.4, 0.5) is 5.69 Å². The molecule has 0 aromatic heterocycles. The molecule has 0 spiro atoms. The highest BCUT2D eigenvalue weighted by atomic mass is 32.2. The zero-order valence-corrected chi connectivity index (χ0v) is 10.6. The summed E-state index contributed by atoms with van der Waals surface area (Å²) in [6, 6.07) is 9.39. The molecule has 1 fully saturated rings. The molecule has 3 heteroatoms. The molecule has 88 valence electrons. The number of hydrogen-bond acceptors (Lipinski definition) is 3. The lowest BCUT2D eigenvalue weighted by atomic mass is 10.2. The van der Waals surface area contributed by atoms with Crippen LogP contribution < -0.4 is 10.6 Å². The molecule has 0 saturated carbocycles. The summed E-state index contributed by atoms with van der Waals surface area (Å²) in [7, 11) is 0. The van der Waals surface area contributed by atoms with Crippen molar-refractivity contribution in [2.24, 2.45) is 0 Å². The van der Waals surface area contributed by atoms with Crippen molar-refractivity contribution < 1.29 is 0 Å². The number of anilines is 1. The van der Waals surface area contributed by atoms with Crippen LogP contribution in [0.3, 0.4) is 0 Å². The quantitative estimate of drug-likeness (QED) is 0.769. The van der Waals surface area contributed by atoms with E-state index in [0.29, 0.717) is 6.04 Å². The van der Waals surface area contributed by atoms with Gasteiger partial charge in [-0.15, -0.1) is 11.8 Å². The van der Waals surface area contributed by atoms with E-state index in [0.717, 1.165) is 12.3 Å². The van der Waals surface area contributed by atoms with Gasteiger partial charge in [0.25, 0.3) is 0 Å². The molecule has 1 aromatic rings. The van der Waals surface area contributed by atoms with E-state index in [1.165, 1.54) is 30.0 Å². The molecular weight excluding hydrogens is 216 g/mol. The molecule has 1 aliphatic rings. The average molecular weight is 236 g/mol. The summed E-state index contributed by atoms with van der Waals surface area (Å²) in [5.74, 6) is 1.14. The lowest BCUT2D eigenvalue weighted by Gasteiger charge is -2.12. The first-order chi connectivity index (χ1) is 7.88. The minimum atomic E-state index is 0.657. The summed E-state index contributed by atoms with van der Waals surface area (Å²) < 4.78 is 0. The zero-order chi connectivity index (χ0) is 11.2. The first kappa shape index (κ1) is 11.8. The lowest BCUT2D eigenvalue weighted by Crippen LogP contribution is -2.29. The Morgan fingerprint density at radius 3 is 2.81 bits per heavy atom. The SMILES string of the molecule is CCSc1ccc(NCC2CCCN2)cc1. The summed E-state index contributed by atoms with van der Waals surface area (Å²) in [4.78, 5) is 1.35. The number of rotatable bonds is 5. The molecule has 2 N–H and O–H groups in total. The van der Waals surface area contributed by atoms with Crippen molar-refractivity contribution in [3.8, 4) is 0 Å². The Bertz CT molecular complexity index is 304. The number of hydrogen-bond donors (Lipinski definition) is 2. The molecule has 1 saturated heterocycles. The van der Waals surface area contributed by atoms with Gasteiger partial charge in [-0.1, -0.05) is 6.92 Å². The summed E-state index contributed by atoms with van der Waals surface area (Å²) in [6.45, 7) is 4.40. The fourth-order valence-corrected chi connectivity index (χ4v) is 2.67. The van der Waals surface area contributed by atoms with Crippen LogP contribution in [0.15, 0.2) is 29.2 Å². The third kappa shape index (κ3) is 3.42. The minimum absolute atomic E-state index is 0.657. The van der Waals surface area contributed by atoms with E-state index in [2.05, 4.69) is 41.8 Å². The number of thioether (sulfide) groups is 1. The van der Waals surface area contributed by atoms with Gasteiger partial charge in [0, 0.05) is 23.2 Å². The monoisotopic (exact) mass is 236 g/mol. The molecule has 2 rings (SSSR count). The third-order valence-corrected chi connectivity index (χ3v) is 3.77. The van der Waals surface area contributed by atoms with Crippen LogP contribution in [0, 0.1) is 0 Å². The van der Waals surface area contributed by atoms with Crippen LogP contribution in [-0.2, 0) is 0 Å². The summed E-state index contributed by atoms with van der Waals surface area (Å²) >= 11 is 1.89. The maximum Gasteiger partial charge on any atom is 0.0341 e. The Balaban J connectivity index is 1.80. The van der Waals surface area contributed by atoms with Crippen LogP contribution in [-0.4, -0.2) is 24.9 Å². The van der Waals surface area contributed by atoms with E-state index in [1.54, 1.807) is 0 Å². The Kier molecular flexibility index (Phi) is 4.55. The van der Waals surface area contributed by atoms with Crippen molar-refractivity contribution in [2.75, 3.05) is 24.2 Å². The van der Waals surface area contributed by atoms with Gasteiger partial charge in [0.1, 0.15) is 0 Å². The minimum Gasteiger partial charge on any atom is -0.383 e. The van der Waals surface area contributed by atoms with Crippen molar-refractivity contribution in [1.82, 2.24) is 5.32 Å². The van der Waals surface area contributed by atoms with E-state index < -0.39 is 0 Å². The molecule has 0 amide bonds. The summed E-state index contributed by atoms with van der Waals surface area (Å²) in [6.07, 6.45) is 2.62. The largest absolute Gasteiger partial charge is 0.383 e. The van der Waals surface area contributed by atoms with Gasteiger partial charge in [-0.3, -0.25) is 0 Å². The van der Waals surface area contributed by atoms with Crippen molar-refractivity contribution >= 4 is 17.4 Å². The van der Waals surface area contributed by atoms with E-state index >= 15 is 0 Å². The second-order valence-electron chi connectivity index (χ2n) is 4.13.